The molecule has 4 rings (SSSR count). The number of hydrogen-bond acceptors (Lipinski definition) is 7. The molecule has 0 atom stereocenters. The maximum atomic E-state index is 11.3. The fourth-order valence-electron chi connectivity index (χ4n) is 3.24. The molecule has 0 spiro atoms. The Balaban J connectivity index is 1.55. The highest BCUT2D eigenvalue weighted by atomic mass is 32.1. The third-order valence-electron chi connectivity index (χ3n) is 4.68. The molecule has 0 radical (unpaired) electrons. The Hall–Kier alpha value is -3.11. The van der Waals surface area contributed by atoms with Gasteiger partial charge in [-0.15, -0.1) is 0 Å². The number of thiazole rings is 1. The fraction of sp³-hybridized carbons (Fsp3) is 0.278. The number of benzene rings is 1. The van der Waals surface area contributed by atoms with Gasteiger partial charge in [0.2, 0.25) is 0 Å². The molecule has 0 saturated carbocycles. The number of piperazine rings is 1. The smallest absolute Gasteiger partial charge is 0.407 e. The van der Waals surface area contributed by atoms with E-state index in [1.165, 1.54) is 22.3 Å². The van der Waals surface area contributed by atoms with E-state index in [4.69, 9.17) is 5.11 Å². The van der Waals surface area contributed by atoms with Gasteiger partial charge in [-0.2, -0.15) is 0 Å². The van der Waals surface area contributed by atoms with Crippen LogP contribution in [-0.2, 0) is 6.54 Å². The van der Waals surface area contributed by atoms with Crippen molar-refractivity contribution in [3.63, 3.8) is 0 Å². The van der Waals surface area contributed by atoms with Crippen LogP contribution in [0.3, 0.4) is 0 Å². The molecule has 1 aromatic carbocycles. The first kappa shape index (κ1) is 18.3. The molecule has 0 unspecified atom stereocenters. The third kappa shape index (κ3) is 3.64. The van der Waals surface area contributed by atoms with Gasteiger partial charge >= 0.3 is 6.09 Å². The Labute approximate surface area is 164 Å². The summed E-state index contributed by atoms with van der Waals surface area (Å²) in [6.45, 7) is 2.98. The molecule has 3 aromatic rings. The molecule has 2 aromatic heterocycles. The number of nitro benzene ring substituents is 1. The summed E-state index contributed by atoms with van der Waals surface area (Å²) in [5, 5.41) is 20.9. The van der Waals surface area contributed by atoms with Crippen molar-refractivity contribution in [2.75, 3.05) is 26.2 Å². The van der Waals surface area contributed by atoms with Crippen LogP contribution in [0.25, 0.3) is 20.9 Å². The summed E-state index contributed by atoms with van der Waals surface area (Å²) in [5.74, 6) is 0. The maximum Gasteiger partial charge on any atom is 0.407 e. The summed E-state index contributed by atoms with van der Waals surface area (Å²) in [5.41, 5.74) is 2.20. The van der Waals surface area contributed by atoms with Crippen molar-refractivity contribution in [3.8, 4) is 10.6 Å². The molecular formula is C18H17N5O4S. The van der Waals surface area contributed by atoms with E-state index < -0.39 is 11.0 Å². The van der Waals surface area contributed by atoms with Gasteiger partial charge in [0.05, 0.1) is 10.5 Å². The second-order valence-electron chi connectivity index (χ2n) is 6.51. The van der Waals surface area contributed by atoms with Crippen molar-refractivity contribution < 1.29 is 14.8 Å². The summed E-state index contributed by atoms with van der Waals surface area (Å²) < 4.78 is 0. The zero-order chi connectivity index (χ0) is 19.7. The first-order valence-corrected chi connectivity index (χ1v) is 9.52. The van der Waals surface area contributed by atoms with Crippen molar-refractivity contribution in [1.82, 2.24) is 19.8 Å². The maximum absolute atomic E-state index is 11.3. The van der Waals surface area contributed by atoms with Crippen LogP contribution < -0.4 is 0 Å². The highest BCUT2D eigenvalue weighted by Gasteiger charge is 2.21. The van der Waals surface area contributed by atoms with Gasteiger partial charge in [-0.1, -0.05) is 23.5 Å². The minimum atomic E-state index is -0.882. The Morgan fingerprint density at radius 3 is 2.71 bits per heavy atom. The average Bonchev–Trinajstić information content (AvgIpc) is 3.11. The van der Waals surface area contributed by atoms with Crippen LogP contribution in [0, 0.1) is 10.1 Å². The minimum Gasteiger partial charge on any atom is -0.465 e. The van der Waals surface area contributed by atoms with E-state index in [2.05, 4.69) is 14.9 Å². The SMILES string of the molecule is O=C(O)N1CCN(Cc2cnc3sc(-c4ccccc4[N+](=O)[O-])nc3c2)CC1. The number of carboxylic acid groups (broad SMARTS) is 1. The lowest BCUT2D eigenvalue weighted by atomic mass is 10.2. The molecule has 144 valence electrons. The molecule has 1 N–H and O–H groups in total. The van der Waals surface area contributed by atoms with E-state index in [0.717, 1.165) is 10.4 Å². The van der Waals surface area contributed by atoms with Crippen molar-refractivity contribution in [3.05, 3.63) is 52.2 Å². The molecule has 28 heavy (non-hydrogen) atoms. The van der Waals surface area contributed by atoms with Crippen LogP contribution in [0.4, 0.5) is 10.5 Å². The summed E-state index contributed by atoms with van der Waals surface area (Å²) >= 11 is 1.33. The number of pyridine rings is 1. The van der Waals surface area contributed by atoms with E-state index in [1.807, 2.05) is 6.07 Å². The van der Waals surface area contributed by atoms with Gasteiger partial charge in [0.1, 0.15) is 15.4 Å². The normalized spacial score (nSPS) is 15.1. The first-order chi connectivity index (χ1) is 13.5. The van der Waals surface area contributed by atoms with Gasteiger partial charge in [0.25, 0.3) is 5.69 Å². The fourth-order valence-corrected chi connectivity index (χ4v) is 4.16. The zero-order valence-corrected chi connectivity index (χ0v) is 15.6. The molecule has 1 fully saturated rings. The number of hydrogen-bond donors (Lipinski definition) is 1. The number of aromatic nitrogens is 2. The highest BCUT2D eigenvalue weighted by molar-refractivity contribution is 7.21. The van der Waals surface area contributed by atoms with Crippen LogP contribution in [0.1, 0.15) is 5.56 Å². The number of nitrogens with zero attached hydrogens (tertiary/aromatic N) is 5. The third-order valence-corrected chi connectivity index (χ3v) is 5.70. The van der Waals surface area contributed by atoms with Gasteiger partial charge in [-0.3, -0.25) is 15.0 Å². The Bertz CT molecular complexity index is 1050. The predicted molar refractivity (Wildman–Crippen MR) is 104 cm³/mol. The molecule has 3 heterocycles. The summed E-state index contributed by atoms with van der Waals surface area (Å²) in [6.07, 6.45) is 0.903. The quantitative estimate of drug-likeness (QED) is 0.530. The molecule has 0 bridgehead atoms. The average molecular weight is 399 g/mol. The number of nitro groups is 1. The Morgan fingerprint density at radius 1 is 1.25 bits per heavy atom. The van der Waals surface area contributed by atoms with Crippen molar-refractivity contribution in [2.45, 2.75) is 6.54 Å². The van der Waals surface area contributed by atoms with E-state index >= 15 is 0 Å². The van der Waals surface area contributed by atoms with Crippen molar-refractivity contribution in [1.29, 1.82) is 0 Å². The van der Waals surface area contributed by atoms with Crippen molar-refractivity contribution in [2.24, 2.45) is 0 Å². The van der Waals surface area contributed by atoms with Crippen LogP contribution in [0.2, 0.25) is 0 Å². The number of rotatable bonds is 4. The lowest BCUT2D eigenvalue weighted by molar-refractivity contribution is -0.384. The molecule has 10 heteroatoms. The molecule has 1 saturated heterocycles. The van der Waals surface area contributed by atoms with E-state index in [1.54, 1.807) is 24.4 Å². The van der Waals surface area contributed by atoms with Gasteiger partial charge in [-0.25, -0.2) is 14.8 Å². The van der Waals surface area contributed by atoms with Gasteiger partial charge < -0.3 is 10.0 Å². The summed E-state index contributed by atoms with van der Waals surface area (Å²) in [4.78, 5) is 35.2. The van der Waals surface area contributed by atoms with Crippen molar-refractivity contribution >= 4 is 33.5 Å². The lowest BCUT2D eigenvalue weighted by Crippen LogP contribution is -2.47. The van der Waals surface area contributed by atoms with E-state index in [0.29, 0.717) is 48.8 Å². The molecule has 9 nitrogen and oxygen atoms in total. The standard InChI is InChI=1S/C18H17N5O4S/c24-18(25)22-7-5-21(6-8-22)11-12-9-14-17(19-10-12)28-16(20-14)13-3-1-2-4-15(13)23(26)27/h1-4,9-10H,5-8,11H2,(H,24,25). The van der Waals surface area contributed by atoms with Crippen LogP contribution in [0.15, 0.2) is 36.5 Å². The number of amides is 1. The van der Waals surface area contributed by atoms with E-state index in [-0.39, 0.29) is 5.69 Å². The van der Waals surface area contributed by atoms with Gasteiger partial charge in [0, 0.05) is 45.0 Å². The minimum absolute atomic E-state index is 0.0260. The number of carbonyl (C=O) groups is 1. The van der Waals surface area contributed by atoms with Crippen LogP contribution in [-0.4, -0.2) is 62.1 Å². The van der Waals surface area contributed by atoms with Crippen LogP contribution >= 0.6 is 11.3 Å². The lowest BCUT2D eigenvalue weighted by Gasteiger charge is -2.32. The predicted octanol–water partition coefficient (Wildman–Crippen LogP) is 3.06. The second-order valence-corrected chi connectivity index (χ2v) is 7.48. The van der Waals surface area contributed by atoms with Gasteiger partial charge in [-0.05, 0) is 17.7 Å². The molecular weight excluding hydrogens is 382 g/mol. The van der Waals surface area contributed by atoms with E-state index in [9.17, 15) is 14.9 Å². The van der Waals surface area contributed by atoms with Crippen LogP contribution in [0.5, 0.6) is 0 Å². The summed E-state index contributed by atoms with van der Waals surface area (Å²) in [6, 6.07) is 8.50. The first-order valence-electron chi connectivity index (χ1n) is 8.71. The van der Waals surface area contributed by atoms with Gasteiger partial charge in [0.15, 0.2) is 0 Å². The Kier molecular flexibility index (Phi) is 4.88. The Morgan fingerprint density at radius 2 is 2.00 bits per heavy atom. The highest BCUT2D eigenvalue weighted by Crippen LogP contribution is 2.34. The molecule has 1 aliphatic rings. The molecule has 1 aliphatic heterocycles. The molecule has 1 amide bonds. The second kappa shape index (κ2) is 7.49. The number of para-hydroxylation sites is 1. The zero-order valence-electron chi connectivity index (χ0n) is 14.8. The monoisotopic (exact) mass is 399 g/mol. The molecule has 0 aliphatic carbocycles. The number of fused-ring (bicyclic) bond motifs is 1. The topological polar surface area (TPSA) is 113 Å². The largest absolute Gasteiger partial charge is 0.465 e. The summed E-state index contributed by atoms with van der Waals surface area (Å²) in [7, 11) is 0.